The molecule has 1 heterocycles. The Kier molecular flexibility index (Phi) is 3.33. The van der Waals surface area contributed by atoms with Gasteiger partial charge in [-0.1, -0.05) is 12.1 Å². The fraction of sp³-hybridized carbons (Fsp3) is 0.176. The van der Waals surface area contributed by atoms with Crippen molar-refractivity contribution in [1.29, 1.82) is 0 Å². The molecule has 0 spiro atoms. The first kappa shape index (κ1) is 14.1. The van der Waals surface area contributed by atoms with Gasteiger partial charge in [-0.3, -0.25) is 4.79 Å². The van der Waals surface area contributed by atoms with Crippen LogP contribution in [0.15, 0.2) is 41.2 Å². The highest BCUT2D eigenvalue weighted by molar-refractivity contribution is 5.86. The van der Waals surface area contributed by atoms with Crippen molar-refractivity contribution in [3.8, 4) is 11.6 Å². The number of anilines is 1. The molecule has 0 unspecified atom stereocenters. The standard InChI is InChI=1S/C17H17N3O2/c1-10-8-12(18)9-11(2)15(10)22-16-13-6-4-5-7-14(13)17(21)20(3)19-16/h4-9H,18H2,1-3H3. The SMILES string of the molecule is Cc1cc(N)cc(C)c1Oc1nn(C)c(=O)c2ccccc12. The minimum atomic E-state index is -0.145. The van der Waals surface area contributed by atoms with Crippen molar-refractivity contribution >= 4 is 16.5 Å². The van der Waals surface area contributed by atoms with E-state index in [0.717, 1.165) is 11.1 Å². The Hall–Kier alpha value is -2.82. The molecule has 22 heavy (non-hydrogen) atoms. The molecule has 2 aromatic carbocycles. The molecule has 0 aliphatic rings. The number of hydrogen-bond donors (Lipinski definition) is 1. The fourth-order valence-corrected chi connectivity index (χ4v) is 2.58. The third-order valence-corrected chi connectivity index (χ3v) is 3.60. The van der Waals surface area contributed by atoms with E-state index >= 15 is 0 Å². The van der Waals surface area contributed by atoms with Crippen LogP contribution in [0, 0.1) is 13.8 Å². The van der Waals surface area contributed by atoms with Crippen LogP contribution >= 0.6 is 0 Å². The number of nitrogens with two attached hydrogens (primary N) is 1. The second-order valence-corrected chi connectivity index (χ2v) is 5.37. The van der Waals surface area contributed by atoms with Crippen LogP contribution in [-0.2, 0) is 7.05 Å². The number of nitrogen functional groups attached to an aromatic ring is 1. The van der Waals surface area contributed by atoms with Gasteiger partial charge >= 0.3 is 0 Å². The third kappa shape index (κ3) is 2.30. The summed E-state index contributed by atoms with van der Waals surface area (Å²) < 4.78 is 7.31. The second kappa shape index (κ2) is 5.18. The highest BCUT2D eigenvalue weighted by atomic mass is 16.5. The van der Waals surface area contributed by atoms with E-state index in [0.29, 0.717) is 28.1 Å². The Labute approximate surface area is 127 Å². The largest absolute Gasteiger partial charge is 0.437 e. The minimum Gasteiger partial charge on any atom is -0.437 e. The summed E-state index contributed by atoms with van der Waals surface area (Å²) in [4.78, 5) is 12.1. The van der Waals surface area contributed by atoms with Gasteiger partial charge < -0.3 is 10.5 Å². The van der Waals surface area contributed by atoms with E-state index in [9.17, 15) is 4.79 Å². The van der Waals surface area contributed by atoms with Crippen LogP contribution in [0.25, 0.3) is 10.8 Å². The first-order chi connectivity index (χ1) is 10.5. The summed E-state index contributed by atoms with van der Waals surface area (Å²) in [5.41, 5.74) is 8.25. The lowest BCUT2D eigenvalue weighted by molar-refractivity contribution is 0.442. The number of rotatable bonds is 2. The number of nitrogens with zero attached hydrogens (tertiary/aromatic N) is 2. The molecule has 0 saturated carbocycles. The van der Waals surface area contributed by atoms with E-state index in [2.05, 4.69) is 5.10 Å². The van der Waals surface area contributed by atoms with Crippen molar-refractivity contribution < 1.29 is 4.74 Å². The van der Waals surface area contributed by atoms with Crippen molar-refractivity contribution in [2.75, 3.05) is 5.73 Å². The quantitative estimate of drug-likeness (QED) is 0.738. The van der Waals surface area contributed by atoms with Gasteiger partial charge in [0, 0.05) is 12.7 Å². The average molecular weight is 295 g/mol. The molecule has 0 radical (unpaired) electrons. The molecule has 0 aliphatic carbocycles. The van der Waals surface area contributed by atoms with E-state index in [1.54, 1.807) is 13.1 Å². The van der Waals surface area contributed by atoms with Gasteiger partial charge in [0.2, 0.25) is 5.88 Å². The molecule has 112 valence electrons. The normalized spacial score (nSPS) is 10.9. The smallest absolute Gasteiger partial charge is 0.274 e. The molecule has 5 heteroatoms. The van der Waals surface area contributed by atoms with Crippen LogP contribution < -0.4 is 16.0 Å². The summed E-state index contributed by atoms with van der Waals surface area (Å²) in [5, 5.41) is 5.53. The fourth-order valence-electron chi connectivity index (χ4n) is 2.58. The van der Waals surface area contributed by atoms with Crippen molar-refractivity contribution in [3.63, 3.8) is 0 Å². The Bertz CT molecular complexity index is 906. The maximum Gasteiger partial charge on any atom is 0.274 e. The number of ether oxygens (including phenoxy) is 1. The Morgan fingerprint density at radius 1 is 1.09 bits per heavy atom. The zero-order valence-electron chi connectivity index (χ0n) is 12.8. The number of aryl methyl sites for hydroxylation is 3. The monoisotopic (exact) mass is 295 g/mol. The number of aromatic nitrogens is 2. The Morgan fingerprint density at radius 3 is 2.32 bits per heavy atom. The molecule has 0 fully saturated rings. The molecule has 3 aromatic rings. The van der Waals surface area contributed by atoms with Crippen LogP contribution in [0.2, 0.25) is 0 Å². The molecule has 3 rings (SSSR count). The zero-order valence-corrected chi connectivity index (χ0v) is 12.8. The lowest BCUT2D eigenvalue weighted by atomic mass is 10.1. The Balaban J connectivity index is 2.21. The van der Waals surface area contributed by atoms with Crippen LogP contribution in [0.5, 0.6) is 11.6 Å². The van der Waals surface area contributed by atoms with Gasteiger partial charge in [-0.05, 0) is 49.2 Å². The predicted molar refractivity (Wildman–Crippen MR) is 87.4 cm³/mol. The molecule has 5 nitrogen and oxygen atoms in total. The molecular formula is C17H17N3O2. The van der Waals surface area contributed by atoms with Gasteiger partial charge in [0.15, 0.2) is 0 Å². The maximum atomic E-state index is 12.1. The van der Waals surface area contributed by atoms with Crippen molar-refractivity contribution in [1.82, 2.24) is 9.78 Å². The summed E-state index contributed by atoms with van der Waals surface area (Å²) in [7, 11) is 1.62. The zero-order chi connectivity index (χ0) is 15.9. The lowest BCUT2D eigenvalue weighted by Crippen LogP contribution is -2.20. The molecule has 1 aromatic heterocycles. The van der Waals surface area contributed by atoms with Crippen LogP contribution in [0.4, 0.5) is 5.69 Å². The molecule has 0 atom stereocenters. The number of hydrogen-bond acceptors (Lipinski definition) is 4. The third-order valence-electron chi connectivity index (χ3n) is 3.60. The highest BCUT2D eigenvalue weighted by Crippen LogP contribution is 2.32. The van der Waals surface area contributed by atoms with E-state index in [1.807, 2.05) is 44.2 Å². The molecular weight excluding hydrogens is 278 g/mol. The van der Waals surface area contributed by atoms with Crippen molar-refractivity contribution in [2.45, 2.75) is 13.8 Å². The van der Waals surface area contributed by atoms with Crippen molar-refractivity contribution in [3.05, 3.63) is 57.9 Å². The molecule has 0 amide bonds. The van der Waals surface area contributed by atoms with Crippen molar-refractivity contribution in [2.24, 2.45) is 7.05 Å². The highest BCUT2D eigenvalue weighted by Gasteiger charge is 2.13. The van der Waals surface area contributed by atoms with Crippen LogP contribution in [0.3, 0.4) is 0 Å². The topological polar surface area (TPSA) is 70.1 Å². The van der Waals surface area contributed by atoms with E-state index in [4.69, 9.17) is 10.5 Å². The molecule has 0 bridgehead atoms. The summed E-state index contributed by atoms with van der Waals surface area (Å²) in [6, 6.07) is 11.0. The molecule has 2 N–H and O–H groups in total. The van der Waals surface area contributed by atoms with Gasteiger partial charge in [-0.25, -0.2) is 4.68 Å². The Morgan fingerprint density at radius 2 is 1.68 bits per heavy atom. The van der Waals surface area contributed by atoms with Gasteiger partial charge in [-0.15, -0.1) is 5.10 Å². The van der Waals surface area contributed by atoms with Crippen LogP contribution in [-0.4, -0.2) is 9.78 Å². The molecule has 0 saturated heterocycles. The van der Waals surface area contributed by atoms with Gasteiger partial charge in [-0.2, -0.15) is 0 Å². The van der Waals surface area contributed by atoms with Gasteiger partial charge in [0.1, 0.15) is 5.75 Å². The van der Waals surface area contributed by atoms with Crippen LogP contribution in [0.1, 0.15) is 11.1 Å². The summed E-state index contributed by atoms with van der Waals surface area (Å²) in [6.45, 7) is 3.87. The summed E-state index contributed by atoms with van der Waals surface area (Å²) >= 11 is 0. The second-order valence-electron chi connectivity index (χ2n) is 5.37. The van der Waals surface area contributed by atoms with E-state index in [-0.39, 0.29) is 5.56 Å². The average Bonchev–Trinajstić information content (AvgIpc) is 2.47. The first-order valence-electron chi connectivity index (χ1n) is 6.98. The number of fused-ring (bicyclic) bond motifs is 1. The van der Waals surface area contributed by atoms with E-state index in [1.165, 1.54) is 4.68 Å². The van der Waals surface area contributed by atoms with E-state index < -0.39 is 0 Å². The summed E-state index contributed by atoms with van der Waals surface area (Å²) in [5.74, 6) is 1.12. The minimum absolute atomic E-state index is 0.145. The number of benzene rings is 2. The van der Waals surface area contributed by atoms with Gasteiger partial charge in [0.05, 0.1) is 10.8 Å². The van der Waals surface area contributed by atoms with Gasteiger partial charge in [0.25, 0.3) is 5.56 Å². The summed E-state index contributed by atoms with van der Waals surface area (Å²) in [6.07, 6.45) is 0. The lowest BCUT2D eigenvalue weighted by Gasteiger charge is -2.14. The predicted octanol–water partition coefficient (Wildman–Crippen LogP) is 2.92. The molecule has 0 aliphatic heterocycles. The first-order valence-corrected chi connectivity index (χ1v) is 6.98. The maximum absolute atomic E-state index is 12.1.